The Morgan fingerprint density at radius 1 is 1.00 bits per heavy atom. The molecule has 1 heterocycles. The molecular formula is C25H32N2O5. The molecule has 7 nitrogen and oxygen atoms in total. The minimum atomic E-state index is -0.395. The third-order valence-corrected chi connectivity index (χ3v) is 5.87. The molecule has 3 rings (SSSR count). The predicted octanol–water partition coefficient (Wildman–Crippen LogP) is 3.40. The molecule has 2 amide bonds. The lowest BCUT2D eigenvalue weighted by Gasteiger charge is -2.21. The maximum atomic E-state index is 13.3. The van der Waals surface area contributed by atoms with Gasteiger partial charge in [-0.2, -0.15) is 0 Å². The normalized spacial score (nSPS) is 17.9. The summed E-state index contributed by atoms with van der Waals surface area (Å²) in [5.74, 6) is 0.790. The molecule has 0 aromatic heterocycles. The standard InChI is InChI=1S/C25H32N2O5/c1-15(2)26-24(28)20-14-27(25(29)18-10-8-7-9-16(18)3)13-19(20)17-11-21(30-4)23(32-6)22(12-17)31-5/h7-12,15,19-20H,13-14H2,1-6H3,(H,26,28)/t19-,20+/m0/s1. The number of amides is 2. The first-order chi connectivity index (χ1) is 15.3. The minimum Gasteiger partial charge on any atom is -0.493 e. The van der Waals surface area contributed by atoms with Crippen molar-refractivity contribution in [2.24, 2.45) is 5.92 Å². The van der Waals surface area contributed by atoms with Crippen molar-refractivity contribution >= 4 is 11.8 Å². The first-order valence-corrected chi connectivity index (χ1v) is 10.8. The second kappa shape index (κ2) is 9.94. The van der Waals surface area contributed by atoms with Gasteiger partial charge >= 0.3 is 0 Å². The summed E-state index contributed by atoms with van der Waals surface area (Å²) in [6, 6.07) is 11.2. The Labute approximate surface area is 189 Å². The van der Waals surface area contributed by atoms with E-state index in [0.29, 0.717) is 35.9 Å². The highest BCUT2D eigenvalue weighted by Crippen LogP contribution is 2.43. The molecule has 0 aliphatic carbocycles. The molecule has 1 aliphatic heterocycles. The Morgan fingerprint density at radius 2 is 1.62 bits per heavy atom. The van der Waals surface area contributed by atoms with E-state index in [4.69, 9.17) is 14.2 Å². The fourth-order valence-corrected chi connectivity index (χ4v) is 4.26. The molecule has 32 heavy (non-hydrogen) atoms. The van der Waals surface area contributed by atoms with Crippen molar-refractivity contribution in [1.29, 1.82) is 0 Å². The van der Waals surface area contributed by atoms with Gasteiger partial charge in [0, 0.05) is 30.6 Å². The van der Waals surface area contributed by atoms with Crippen LogP contribution in [0.2, 0.25) is 0 Å². The van der Waals surface area contributed by atoms with Crippen LogP contribution in [0.4, 0.5) is 0 Å². The number of rotatable bonds is 7. The molecule has 2 atom stereocenters. The van der Waals surface area contributed by atoms with Crippen molar-refractivity contribution in [2.45, 2.75) is 32.7 Å². The van der Waals surface area contributed by atoms with E-state index in [1.54, 1.807) is 26.2 Å². The van der Waals surface area contributed by atoms with Crippen molar-refractivity contribution in [1.82, 2.24) is 10.2 Å². The fraction of sp³-hybridized carbons (Fsp3) is 0.440. The summed E-state index contributed by atoms with van der Waals surface area (Å²) in [4.78, 5) is 28.2. The molecule has 1 aliphatic rings. The Balaban J connectivity index is 2.01. The zero-order valence-electron chi connectivity index (χ0n) is 19.6. The number of aryl methyl sites for hydroxylation is 1. The van der Waals surface area contributed by atoms with Gasteiger partial charge in [-0.05, 0) is 50.1 Å². The average molecular weight is 441 g/mol. The van der Waals surface area contributed by atoms with Crippen LogP contribution in [0, 0.1) is 12.8 Å². The number of carbonyl (C=O) groups excluding carboxylic acids is 2. The summed E-state index contributed by atoms with van der Waals surface area (Å²) < 4.78 is 16.5. The molecule has 0 saturated carbocycles. The molecule has 1 N–H and O–H groups in total. The van der Waals surface area contributed by atoms with Gasteiger partial charge in [-0.15, -0.1) is 0 Å². The van der Waals surface area contributed by atoms with Gasteiger partial charge in [0.1, 0.15) is 0 Å². The number of likely N-dealkylation sites (tertiary alicyclic amines) is 1. The highest BCUT2D eigenvalue weighted by Gasteiger charge is 2.41. The number of carbonyl (C=O) groups is 2. The Bertz CT molecular complexity index is 963. The van der Waals surface area contributed by atoms with Crippen LogP contribution < -0.4 is 19.5 Å². The van der Waals surface area contributed by atoms with Gasteiger partial charge in [-0.1, -0.05) is 18.2 Å². The van der Waals surface area contributed by atoms with Crippen LogP contribution in [-0.4, -0.2) is 57.2 Å². The number of nitrogens with one attached hydrogen (secondary N) is 1. The highest BCUT2D eigenvalue weighted by atomic mass is 16.5. The molecule has 0 radical (unpaired) electrons. The van der Waals surface area contributed by atoms with Gasteiger partial charge in [0.05, 0.1) is 27.2 Å². The quantitative estimate of drug-likeness (QED) is 0.714. The van der Waals surface area contributed by atoms with E-state index < -0.39 is 5.92 Å². The Kier molecular flexibility index (Phi) is 7.28. The zero-order valence-corrected chi connectivity index (χ0v) is 19.6. The van der Waals surface area contributed by atoms with Crippen LogP contribution in [0.25, 0.3) is 0 Å². The van der Waals surface area contributed by atoms with E-state index in [1.165, 1.54) is 0 Å². The number of ether oxygens (including phenoxy) is 3. The molecule has 1 fully saturated rings. The van der Waals surface area contributed by atoms with Gasteiger partial charge in [-0.3, -0.25) is 9.59 Å². The van der Waals surface area contributed by atoms with Crippen molar-refractivity contribution in [3.05, 3.63) is 53.1 Å². The Hall–Kier alpha value is -3.22. The number of hydrogen-bond donors (Lipinski definition) is 1. The van der Waals surface area contributed by atoms with E-state index in [1.807, 2.05) is 57.2 Å². The van der Waals surface area contributed by atoms with Gasteiger partial charge in [0.15, 0.2) is 11.5 Å². The van der Waals surface area contributed by atoms with Crippen LogP contribution in [-0.2, 0) is 4.79 Å². The first kappa shape index (κ1) is 23.4. The lowest BCUT2D eigenvalue weighted by Crippen LogP contribution is -2.39. The van der Waals surface area contributed by atoms with Crippen LogP contribution in [0.5, 0.6) is 17.2 Å². The van der Waals surface area contributed by atoms with Crippen LogP contribution >= 0.6 is 0 Å². The second-order valence-corrected chi connectivity index (χ2v) is 8.36. The molecule has 0 spiro atoms. The van der Waals surface area contributed by atoms with Gasteiger partial charge in [0.25, 0.3) is 5.91 Å². The molecule has 2 aromatic carbocycles. The van der Waals surface area contributed by atoms with Gasteiger partial charge in [-0.25, -0.2) is 0 Å². The molecule has 0 bridgehead atoms. The molecule has 0 unspecified atom stereocenters. The van der Waals surface area contributed by atoms with Crippen LogP contribution in [0.3, 0.4) is 0 Å². The summed E-state index contributed by atoms with van der Waals surface area (Å²) in [5.41, 5.74) is 2.43. The molecule has 2 aromatic rings. The molecular weight excluding hydrogens is 408 g/mol. The van der Waals surface area contributed by atoms with Crippen LogP contribution in [0.15, 0.2) is 36.4 Å². The van der Waals surface area contributed by atoms with E-state index in [2.05, 4.69) is 5.32 Å². The molecule has 1 saturated heterocycles. The number of benzene rings is 2. The van der Waals surface area contributed by atoms with Gasteiger partial charge in [0.2, 0.25) is 11.7 Å². The van der Waals surface area contributed by atoms with Crippen molar-refractivity contribution < 1.29 is 23.8 Å². The second-order valence-electron chi connectivity index (χ2n) is 8.36. The molecule has 7 heteroatoms. The fourth-order valence-electron chi connectivity index (χ4n) is 4.26. The average Bonchev–Trinajstić information content (AvgIpc) is 3.23. The van der Waals surface area contributed by atoms with Crippen LogP contribution in [0.1, 0.15) is 41.3 Å². The number of methoxy groups -OCH3 is 3. The molecule has 172 valence electrons. The minimum absolute atomic E-state index is 0.00390. The maximum Gasteiger partial charge on any atom is 0.254 e. The predicted molar refractivity (Wildman–Crippen MR) is 123 cm³/mol. The monoisotopic (exact) mass is 440 g/mol. The summed E-state index contributed by atoms with van der Waals surface area (Å²) in [6.45, 7) is 6.53. The summed E-state index contributed by atoms with van der Waals surface area (Å²) in [6.07, 6.45) is 0. The smallest absolute Gasteiger partial charge is 0.254 e. The third-order valence-electron chi connectivity index (χ3n) is 5.87. The van der Waals surface area contributed by atoms with Crippen molar-refractivity contribution in [3.8, 4) is 17.2 Å². The van der Waals surface area contributed by atoms with E-state index in [0.717, 1.165) is 11.1 Å². The van der Waals surface area contributed by atoms with E-state index in [-0.39, 0.29) is 23.8 Å². The lowest BCUT2D eigenvalue weighted by molar-refractivity contribution is -0.125. The number of nitrogens with zero attached hydrogens (tertiary/aromatic N) is 1. The highest BCUT2D eigenvalue weighted by molar-refractivity contribution is 5.96. The van der Waals surface area contributed by atoms with E-state index in [9.17, 15) is 9.59 Å². The third kappa shape index (κ3) is 4.66. The maximum absolute atomic E-state index is 13.3. The summed E-state index contributed by atoms with van der Waals surface area (Å²) in [5, 5.41) is 3.01. The lowest BCUT2D eigenvalue weighted by atomic mass is 9.87. The zero-order chi connectivity index (χ0) is 23.4. The van der Waals surface area contributed by atoms with Crippen molar-refractivity contribution in [2.75, 3.05) is 34.4 Å². The first-order valence-electron chi connectivity index (χ1n) is 10.8. The SMILES string of the molecule is COc1cc([C@@H]2CN(C(=O)c3ccccc3C)C[C@H]2C(=O)NC(C)C)cc(OC)c1OC. The Morgan fingerprint density at radius 3 is 2.16 bits per heavy atom. The van der Waals surface area contributed by atoms with Crippen molar-refractivity contribution in [3.63, 3.8) is 0 Å². The number of hydrogen-bond acceptors (Lipinski definition) is 5. The van der Waals surface area contributed by atoms with E-state index >= 15 is 0 Å². The van der Waals surface area contributed by atoms with Gasteiger partial charge < -0.3 is 24.4 Å². The summed E-state index contributed by atoms with van der Waals surface area (Å²) >= 11 is 0. The summed E-state index contributed by atoms with van der Waals surface area (Å²) in [7, 11) is 4.68. The largest absolute Gasteiger partial charge is 0.493 e. The topological polar surface area (TPSA) is 77.1 Å².